The van der Waals surface area contributed by atoms with Crippen LogP contribution in [0.25, 0.3) is 11.1 Å². The number of nitrogens with zero attached hydrogens (tertiary/aromatic N) is 1. The summed E-state index contributed by atoms with van der Waals surface area (Å²) in [5.41, 5.74) is 4.70. The molecule has 186 valence electrons. The maximum Gasteiger partial charge on any atom is 0.407 e. The summed E-state index contributed by atoms with van der Waals surface area (Å²) in [5, 5.41) is 14.8. The number of carbonyl (C=O) groups is 3. The number of amides is 2. The van der Waals surface area contributed by atoms with Crippen molar-refractivity contribution in [3.63, 3.8) is 0 Å². The van der Waals surface area contributed by atoms with Crippen molar-refractivity contribution in [3.8, 4) is 11.1 Å². The number of carbonyl (C=O) groups excluding carboxylic acids is 2. The number of carboxylic acids is 1. The van der Waals surface area contributed by atoms with Gasteiger partial charge >= 0.3 is 12.1 Å². The number of aliphatic carboxylic acids is 1. The molecule has 1 saturated carbocycles. The summed E-state index contributed by atoms with van der Waals surface area (Å²) >= 11 is 0. The molecule has 0 heterocycles. The number of alkyl carbamates (subject to hydrolysis) is 1. The van der Waals surface area contributed by atoms with Gasteiger partial charge in [0, 0.05) is 24.9 Å². The van der Waals surface area contributed by atoms with E-state index in [1.807, 2.05) is 43.3 Å². The summed E-state index contributed by atoms with van der Waals surface area (Å²) in [6, 6.07) is 15.5. The molecule has 3 N–H and O–H groups in total. The summed E-state index contributed by atoms with van der Waals surface area (Å²) in [6.45, 7) is 0.842. The van der Waals surface area contributed by atoms with Crippen molar-refractivity contribution in [1.82, 2.24) is 15.5 Å². The summed E-state index contributed by atoms with van der Waals surface area (Å²) in [6.07, 6.45) is 1.51. The minimum atomic E-state index is -1.02. The molecule has 2 aliphatic rings. The molecule has 0 aliphatic heterocycles. The van der Waals surface area contributed by atoms with Gasteiger partial charge in [-0.15, -0.1) is 0 Å². The molecule has 1 unspecified atom stereocenters. The van der Waals surface area contributed by atoms with E-state index in [9.17, 15) is 19.5 Å². The molecule has 8 heteroatoms. The first kappa shape index (κ1) is 24.7. The Bertz CT molecular complexity index is 1030. The van der Waals surface area contributed by atoms with Gasteiger partial charge in [-0.3, -0.25) is 4.79 Å². The van der Waals surface area contributed by atoms with E-state index in [1.165, 1.54) is 22.3 Å². The normalized spacial score (nSPS) is 19.3. The van der Waals surface area contributed by atoms with Gasteiger partial charge in [-0.1, -0.05) is 48.5 Å². The van der Waals surface area contributed by atoms with Gasteiger partial charge in [0.25, 0.3) is 0 Å². The van der Waals surface area contributed by atoms with Crippen molar-refractivity contribution in [1.29, 1.82) is 0 Å². The zero-order chi connectivity index (χ0) is 24.9. The van der Waals surface area contributed by atoms with E-state index >= 15 is 0 Å². The zero-order valence-electron chi connectivity index (χ0n) is 20.2. The highest BCUT2D eigenvalue weighted by Gasteiger charge is 2.34. The van der Waals surface area contributed by atoms with Crippen LogP contribution in [0.1, 0.15) is 42.7 Å². The lowest BCUT2D eigenvalue weighted by molar-refractivity contribution is -0.142. The Hall–Kier alpha value is -3.39. The lowest BCUT2D eigenvalue weighted by Crippen LogP contribution is -2.47. The molecule has 2 amide bonds. The fourth-order valence-electron chi connectivity index (χ4n) is 4.99. The quantitative estimate of drug-likeness (QED) is 0.483. The van der Waals surface area contributed by atoms with E-state index in [0.29, 0.717) is 25.8 Å². The molecule has 0 radical (unpaired) electrons. The monoisotopic (exact) mass is 479 g/mol. The predicted molar refractivity (Wildman–Crippen MR) is 132 cm³/mol. The Morgan fingerprint density at radius 3 is 2.20 bits per heavy atom. The predicted octanol–water partition coefficient (Wildman–Crippen LogP) is 3.21. The second-order valence-electron chi connectivity index (χ2n) is 9.76. The van der Waals surface area contributed by atoms with Crippen LogP contribution in [-0.2, 0) is 14.3 Å². The first-order chi connectivity index (χ1) is 16.8. The Morgan fingerprint density at radius 1 is 1.03 bits per heavy atom. The van der Waals surface area contributed by atoms with E-state index in [4.69, 9.17) is 4.74 Å². The number of carboxylic acid groups (broad SMARTS) is 1. The third-order valence-corrected chi connectivity index (χ3v) is 6.87. The van der Waals surface area contributed by atoms with Crippen LogP contribution in [0, 0.1) is 5.92 Å². The second-order valence-corrected chi connectivity index (χ2v) is 9.76. The van der Waals surface area contributed by atoms with Crippen LogP contribution in [0.2, 0.25) is 0 Å². The Balaban J connectivity index is 1.20. The third kappa shape index (κ3) is 6.00. The van der Waals surface area contributed by atoms with Crippen LogP contribution < -0.4 is 10.6 Å². The molecular weight excluding hydrogens is 446 g/mol. The fraction of sp³-hybridized carbons (Fsp3) is 0.444. The molecule has 2 aliphatic carbocycles. The maximum atomic E-state index is 12.4. The van der Waals surface area contributed by atoms with Crippen LogP contribution in [0.5, 0.6) is 0 Å². The molecule has 35 heavy (non-hydrogen) atoms. The van der Waals surface area contributed by atoms with Gasteiger partial charge in [0.2, 0.25) is 5.91 Å². The Kier molecular flexibility index (Phi) is 7.70. The van der Waals surface area contributed by atoms with Gasteiger partial charge in [-0.25, -0.2) is 9.59 Å². The van der Waals surface area contributed by atoms with Crippen LogP contribution in [0.4, 0.5) is 4.79 Å². The largest absolute Gasteiger partial charge is 0.480 e. The zero-order valence-corrected chi connectivity index (χ0v) is 20.2. The van der Waals surface area contributed by atoms with Gasteiger partial charge in [0.1, 0.15) is 12.6 Å². The number of hydrogen-bond donors (Lipinski definition) is 3. The molecule has 4 rings (SSSR count). The molecule has 0 spiro atoms. The third-order valence-electron chi connectivity index (χ3n) is 6.87. The minimum Gasteiger partial charge on any atom is -0.480 e. The van der Waals surface area contributed by atoms with Gasteiger partial charge in [0.15, 0.2) is 0 Å². The maximum absolute atomic E-state index is 12.4. The molecule has 2 aromatic carbocycles. The van der Waals surface area contributed by atoms with Crippen molar-refractivity contribution < 1.29 is 24.2 Å². The number of ether oxygens (including phenoxy) is 1. The van der Waals surface area contributed by atoms with Gasteiger partial charge in [-0.05, 0) is 61.5 Å². The molecule has 1 atom stereocenters. The van der Waals surface area contributed by atoms with Crippen LogP contribution in [0.15, 0.2) is 48.5 Å². The lowest BCUT2D eigenvalue weighted by Gasteiger charge is -2.35. The highest BCUT2D eigenvalue weighted by molar-refractivity contribution is 5.83. The van der Waals surface area contributed by atoms with E-state index in [2.05, 4.69) is 34.9 Å². The number of benzene rings is 2. The molecule has 0 bridgehead atoms. The van der Waals surface area contributed by atoms with E-state index in [1.54, 1.807) is 0 Å². The SMILES string of the molecule is CN(C)CCC(NC(=O)CC1CC(NC(=O)OCC2c3ccccc3-c3ccccc32)C1)C(=O)O. The van der Waals surface area contributed by atoms with Crippen molar-refractivity contribution in [3.05, 3.63) is 59.7 Å². The van der Waals surface area contributed by atoms with Crippen LogP contribution in [0.3, 0.4) is 0 Å². The van der Waals surface area contributed by atoms with Gasteiger partial charge < -0.3 is 25.4 Å². The topological polar surface area (TPSA) is 108 Å². The Labute approximate surface area is 205 Å². The molecule has 8 nitrogen and oxygen atoms in total. The summed E-state index contributed by atoms with van der Waals surface area (Å²) in [4.78, 5) is 38.0. The van der Waals surface area contributed by atoms with Gasteiger partial charge in [0.05, 0.1) is 0 Å². The molecule has 0 aromatic heterocycles. The molecule has 1 fully saturated rings. The molecule has 0 saturated heterocycles. The van der Waals surface area contributed by atoms with Crippen molar-refractivity contribution in [2.75, 3.05) is 27.2 Å². The lowest BCUT2D eigenvalue weighted by atomic mass is 9.78. The fourth-order valence-corrected chi connectivity index (χ4v) is 4.99. The average molecular weight is 480 g/mol. The number of rotatable bonds is 10. The highest BCUT2D eigenvalue weighted by atomic mass is 16.5. The number of fused-ring (bicyclic) bond motifs is 3. The number of hydrogen-bond acceptors (Lipinski definition) is 5. The van der Waals surface area contributed by atoms with E-state index in [-0.39, 0.29) is 36.8 Å². The molecular formula is C27H33N3O5. The summed E-state index contributed by atoms with van der Waals surface area (Å²) < 4.78 is 5.59. The minimum absolute atomic E-state index is 0.0145. The van der Waals surface area contributed by atoms with Crippen molar-refractivity contribution in [2.45, 2.75) is 43.7 Å². The van der Waals surface area contributed by atoms with Gasteiger partial charge in [-0.2, -0.15) is 0 Å². The van der Waals surface area contributed by atoms with Crippen LogP contribution >= 0.6 is 0 Å². The summed E-state index contributed by atoms with van der Waals surface area (Å²) in [5.74, 6) is -1.15. The first-order valence-corrected chi connectivity index (χ1v) is 12.1. The smallest absolute Gasteiger partial charge is 0.407 e. The van der Waals surface area contributed by atoms with E-state index < -0.39 is 18.1 Å². The highest BCUT2D eigenvalue weighted by Crippen LogP contribution is 2.44. The second kappa shape index (κ2) is 10.9. The average Bonchev–Trinajstić information content (AvgIpc) is 3.12. The van der Waals surface area contributed by atoms with Crippen molar-refractivity contribution >= 4 is 18.0 Å². The van der Waals surface area contributed by atoms with E-state index in [0.717, 1.165) is 0 Å². The first-order valence-electron chi connectivity index (χ1n) is 12.1. The summed E-state index contributed by atoms with van der Waals surface area (Å²) in [7, 11) is 3.72. The Morgan fingerprint density at radius 2 is 1.63 bits per heavy atom. The number of nitrogens with one attached hydrogen (secondary N) is 2. The van der Waals surface area contributed by atoms with Crippen molar-refractivity contribution in [2.24, 2.45) is 5.92 Å². The standard InChI is InChI=1S/C27H33N3O5/c1-30(2)12-11-24(26(32)33)29-25(31)15-17-13-18(14-17)28-27(34)35-16-23-21-9-5-3-7-19(21)20-8-4-6-10-22(20)23/h3-10,17-18,23-24H,11-16H2,1-2H3,(H,28,34)(H,29,31)(H,32,33). The van der Waals surface area contributed by atoms with Crippen LogP contribution in [-0.4, -0.2) is 67.3 Å². The molecule has 2 aromatic rings.